The number of ether oxygens (including phenoxy) is 1. The van der Waals surface area contributed by atoms with Crippen molar-refractivity contribution < 1.29 is 14.6 Å². The van der Waals surface area contributed by atoms with Gasteiger partial charge in [0.05, 0.1) is 12.1 Å². The van der Waals surface area contributed by atoms with Crippen LogP contribution in [0.4, 0.5) is 4.79 Å². The number of aliphatic hydroxyl groups is 1. The third-order valence-electron chi connectivity index (χ3n) is 2.77. The second kappa shape index (κ2) is 4.24. The maximum atomic E-state index is 11.9. The fourth-order valence-electron chi connectivity index (χ4n) is 1.84. The molecule has 0 aromatic heterocycles. The highest BCUT2D eigenvalue weighted by molar-refractivity contribution is 5.68. The summed E-state index contributed by atoms with van der Waals surface area (Å²) in [4.78, 5) is 13.5. The Balaban J connectivity index is 2.67. The molecular formula is C12H23NO3. The second-order valence-corrected chi connectivity index (χ2v) is 5.99. The molecule has 94 valence electrons. The molecule has 1 saturated heterocycles. The number of β-amino-alcohol motifs (C(OH)–C–C–N with tert-alkyl or cyclic N) is 1. The Morgan fingerprint density at radius 3 is 2.56 bits per heavy atom. The minimum absolute atomic E-state index is 0.134. The highest BCUT2D eigenvalue weighted by Gasteiger charge is 2.36. The predicted molar refractivity (Wildman–Crippen MR) is 62.3 cm³/mol. The van der Waals surface area contributed by atoms with E-state index in [1.54, 1.807) is 11.8 Å². The van der Waals surface area contributed by atoms with Crippen molar-refractivity contribution in [2.24, 2.45) is 0 Å². The largest absolute Gasteiger partial charge is 0.444 e. The molecule has 1 aliphatic heterocycles. The minimum atomic E-state index is -0.788. The van der Waals surface area contributed by atoms with E-state index in [4.69, 9.17) is 4.74 Å². The van der Waals surface area contributed by atoms with Crippen molar-refractivity contribution in [3.63, 3.8) is 0 Å². The van der Waals surface area contributed by atoms with E-state index in [-0.39, 0.29) is 12.1 Å². The summed E-state index contributed by atoms with van der Waals surface area (Å²) in [5, 5.41) is 9.96. The molecule has 0 aromatic carbocycles. The first-order chi connectivity index (χ1) is 7.11. The quantitative estimate of drug-likeness (QED) is 0.692. The summed E-state index contributed by atoms with van der Waals surface area (Å²) in [6.45, 7) is 9.63. The van der Waals surface area contributed by atoms with E-state index in [0.717, 1.165) is 12.8 Å². The van der Waals surface area contributed by atoms with Crippen LogP contribution in [-0.4, -0.2) is 39.9 Å². The van der Waals surface area contributed by atoms with Crippen molar-refractivity contribution in [1.29, 1.82) is 0 Å². The van der Waals surface area contributed by atoms with E-state index < -0.39 is 11.2 Å². The Morgan fingerprint density at radius 1 is 1.50 bits per heavy atom. The molecule has 1 aliphatic rings. The van der Waals surface area contributed by atoms with Gasteiger partial charge in [0.25, 0.3) is 0 Å². The topological polar surface area (TPSA) is 49.8 Å². The van der Waals surface area contributed by atoms with Gasteiger partial charge in [0.2, 0.25) is 0 Å². The molecule has 0 spiro atoms. The number of carbonyl (C=O) groups excluding carboxylic acids is 1. The maximum absolute atomic E-state index is 11.9. The zero-order valence-electron chi connectivity index (χ0n) is 10.9. The van der Waals surface area contributed by atoms with Crippen molar-refractivity contribution in [1.82, 2.24) is 4.90 Å². The van der Waals surface area contributed by atoms with Crippen molar-refractivity contribution in [2.45, 2.75) is 64.7 Å². The summed E-state index contributed by atoms with van der Waals surface area (Å²) < 4.78 is 5.32. The fraction of sp³-hybridized carbons (Fsp3) is 0.917. The van der Waals surface area contributed by atoms with Crippen molar-refractivity contribution in [3.8, 4) is 0 Å². The van der Waals surface area contributed by atoms with E-state index in [1.165, 1.54) is 0 Å². The third kappa shape index (κ3) is 3.67. The van der Waals surface area contributed by atoms with Gasteiger partial charge in [-0.05, 0) is 47.5 Å². The lowest BCUT2D eigenvalue weighted by Crippen LogP contribution is -2.53. The van der Waals surface area contributed by atoms with E-state index in [9.17, 15) is 9.90 Å². The number of hydrogen-bond donors (Lipinski definition) is 1. The van der Waals surface area contributed by atoms with Gasteiger partial charge in [0.15, 0.2) is 0 Å². The van der Waals surface area contributed by atoms with Crippen molar-refractivity contribution in [3.05, 3.63) is 0 Å². The maximum Gasteiger partial charge on any atom is 0.410 e. The monoisotopic (exact) mass is 229 g/mol. The van der Waals surface area contributed by atoms with Crippen LogP contribution in [0.1, 0.15) is 47.5 Å². The Bertz CT molecular complexity index is 268. The minimum Gasteiger partial charge on any atom is -0.444 e. The third-order valence-corrected chi connectivity index (χ3v) is 2.77. The summed E-state index contributed by atoms with van der Waals surface area (Å²) >= 11 is 0. The molecule has 16 heavy (non-hydrogen) atoms. The molecule has 0 bridgehead atoms. The molecule has 0 aliphatic carbocycles. The van der Waals surface area contributed by atoms with Gasteiger partial charge >= 0.3 is 6.09 Å². The molecule has 2 unspecified atom stereocenters. The number of likely N-dealkylation sites (tertiary alicyclic amines) is 1. The van der Waals surface area contributed by atoms with Gasteiger partial charge in [-0.3, -0.25) is 0 Å². The van der Waals surface area contributed by atoms with Gasteiger partial charge in [-0.1, -0.05) is 0 Å². The van der Waals surface area contributed by atoms with Crippen LogP contribution in [0.25, 0.3) is 0 Å². The smallest absolute Gasteiger partial charge is 0.410 e. The molecule has 1 rings (SSSR count). The average Bonchev–Trinajstić information content (AvgIpc) is 2.06. The first kappa shape index (κ1) is 13.3. The molecule has 4 nitrogen and oxygen atoms in total. The normalized spacial score (nSPS) is 31.4. The Morgan fingerprint density at radius 2 is 2.06 bits per heavy atom. The van der Waals surface area contributed by atoms with Crippen LogP contribution in [0.2, 0.25) is 0 Å². The van der Waals surface area contributed by atoms with Gasteiger partial charge in [-0.2, -0.15) is 0 Å². The molecule has 0 aromatic rings. The number of carbonyl (C=O) groups is 1. The zero-order valence-corrected chi connectivity index (χ0v) is 10.9. The van der Waals surface area contributed by atoms with Crippen molar-refractivity contribution in [2.75, 3.05) is 6.54 Å². The molecule has 1 amide bonds. The highest BCUT2D eigenvalue weighted by Crippen LogP contribution is 2.26. The number of amides is 1. The van der Waals surface area contributed by atoms with Gasteiger partial charge in [0.1, 0.15) is 5.60 Å². The number of hydrogen-bond acceptors (Lipinski definition) is 3. The summed E-state index contributed by atoms with van der Waals surface area (Å²) in [6.07, 6.45) is 1.21. The van der Waals surface area contributed by atoms with Gasteiger partial charge in [-0.25, -0.2) is 4.79 Å². The predicted octanol–water partition coefficient (Wildman–Crippen LogP) is 2.16. The van der Waals surface area contributed by atoms with E-state index in [2.05, 4.69) is 0 Å². The molecule has 2 atom stereocenters. The first-order valence-electron chi connectivity index (χ1n) is 5.83. The van der Waals surface area contributed by atoms with Crippen molar-refractivity contribution >= 4 is 6.09 Å². The number of nitrogens with zero attached hydrogens (tertiary/aromatic N) is 1. The molecule has 1 fully saturated rings. The molecule has 0 saturated carbocycles. The summed E-state index contributed by atoms with van der Waals surface area (Å²) in [6, 6.07) is 0.134. The van der Waals surface area contributed by atoms with Gasteiger partial charge < -0.3 is 14.7 Å². The van der Waals surface area contributed by atoms with E-state index in [1.807, 2.05) is 27.7 Å². The van der Waals surface area contributed by atoms with Crippen LogP contribution in [0, 0.1) is 0 Å². The molecule has 4 heteroatoms. The Hall–Kier alpha value is -0.770. The Labute approximate surface area is 97.6 Å². The molecule has 1 heterocycles. The van der Waals surface area contributed by atoms with Crippen LogP contribution in [0.5, 0.6) is 0 Å². The fourth-order valence-corrected chi connectivity index (χ4v) is 1.84. The Kier molecular flexibility index (Phi) is 3.53. The van der Waals surface area contributed by atoms with Crippen LogP contribution in [0.3, 0.4) is 0 Å². The average molecular weight is 229 g/mol. The molecule has 1 N–H and O–H groups in total. The number of rotatable bonds is 0. The van der Waals surface area contributed by atoms with Crippen LogP contribution >= 0.6 is 0 Å². The van der Waals surface area contributed by atoms with E-state index in [0.29, 0.717) is 6.54 Å². The van der Waals surface area contributed by atoms with Gasteiger partial charge in [0, 0.05) is 6.04 Å². The van der Waals surface area contributed by atoms with Crippen LogP contribution < -0.4 is 0 Å². The van der Waals surface area contributed by atoms with Crippen LogP contribution in [0.15, 0.2) is 0 Å². The summed E-state index contributed by atoms with van der Waals surface area (Å²) in [5.74, 6) is 0. The first-order valence-corrected chi connectivity index (χ1v) is 5.83. The zero-order chi connectivity index (χ0) is 12.6. The number of piperidine rings is 1. The standard InChI is InChI=1S/C12H23NO3/c1-9-6-7-12(5,15)8-13(9)10(14)16-11(2,3)4/h9,15H,6-8H2,1-5H3. The molecular weight excluding hydrogens is 206 g/mol. The molecule has 0 radical (unpaired) electrons. The highest BCUT2D eigenvalue weighted by atomic mass is 16.6. The second-order valence-electron chi connectivity index (χ2n) is 5.99. The lowest BCUT2D eigenvalue weighted by molar-refractivity contribution is -0.0481. The van der Waals surface area contributed by atoms with E-state index >= 15 is 0 Å². The van der Waals surface area contributed by atoms with Crippen LogP contribution in [-0.2, 0) is 4.74 Å². The summed E-state index contributed by atoms with van der Waals surface area (Å²) in [5.41, 5.74) is -1.27. The lowest BCUT2D eigenvalue weighted by Gasteiger charge is -2.41. The summed E-state index contributed by atoms with van der Waals surface area (Å²) in [7, 11) is 0. The lowest BCUT2D eigenvalue weighted by atomic mass is 9.91. The van der Waals surface area contributed by atoms with Gasteiger partial charge in [-0.15, -0.1) is 0 Å². The SMILES string of the molecule is CC1CCC(C)(O)CN1C(=O)OC(C)(C)C.